The fourth-order valence-electron chi connectivity index (χ4n) is 4.09. The number of nitrogens with zero attached hydrogens (tertiary/aromatic N) is 1. The molecule has 0 atom stereocenters. The van der Waals surface area contributed by atoms with Crippen molar-refractivity contribution in [3.63, 3.8) is 0 Å². The topological polar surface area (TPSA) is 46.6 Å². The lowest BCUT2D eigenvalue weighted by atomic mass is 10.1. The molecule has 0 N–H and O–H groups in total. The maximum atomic E-state index is 12.7. The van der Waals surface area contributed by atoms with Crippen molar-refractivity contribution < 1.29 is 13.6 Å². The minimum atomic E-state index is -0.0263. The van der Waals surface area contributed by atoms with E-state index in [4.69, 9.17) is 20.4 Å². The van der Waals surface area contributed by atoms with Crippen molar-refractivity contribution in [3.8, 4) is 11.3 Å². The Labute approximate surface area is 180 Å². The summed E-state index contributed by atoms with van der Waals surface area (Å²) in [5.41, 5.74) is 2.74. The van der Waals surface area contributed by atoms with Crippen molar-refractivity contribution in [3.05, 3.63) is 82.8 Å². The first-order valence-corrected chi connectivity index (χ1v) is 10.7. The number of fused-ring (bicyclic) bond motifs is 1. The highest BCUT2D eigenvalue weighted by Crippen LogP contribution is 2.33. The van der Waals surface area contributed by atoms with E-state index in [9.17, 15) is 4.79 Å². The fourth-order valence-corrected chi connectivity index (χ4v) is 4.34. The minimum Gasteiger partial charge on any atom is -0.456 e. The first-order valence-electron chi connectivity index (χ1n) is 10.3. The standard InChI is InChI=1S/C25H22ClNO3/c26-20-13-18(24-19(14-20)16-23(30-24)17-7-3-1-4-8-17)15-21-9-10-22(29-21)25(28)27-11-5-2-6-12-27/h1,3-4,7-10,13-14,16H,2,5-6,11-12,15H2. The van der Waals surface area contributed by atoms with Gasteiger partial charge in [0.1, 0.15) is 17.1 Å². The lowest BCUT2D eigenvalue weighted by Crippen LogP contribution is -2.35. The first kappa shape index (κ1) is 19.0. The molecule has 1 saturated heterocycles. The second-order valence-electron chi connectivity index (χ2n) is 7.76. The first-order chi connectivity index (χ1) is 14.7. The van der Waals surface area contributed by atoms with Gasteiger partial charge in [0.15, 0.2) is 5.76 Å². The normalized spacial score (nSPS) is 14.4. The molecular weight excluding hydrogens is 398 g/mol. The molecule has 30 heavy (non-hydrogen) atoms. The van der Waals surface area contributed by atoms with Gasteiger partial charge in [0, 0.05) is 41.0 Å². The monoisotopic (exact) mass is 419 g/mol. The number of hydrogen-bond donors (Lipinski definition) is 0. The number of hydrogen-bond acceptors (Lipinski definition) is 3. The summed E-state index contributed by atoms with van der Waals surface area (Å²) in [4.78, 5) is 14.6. The molecule has 0 bridgehead atoms. The van der Waals surface area contributed by atoms with Crippen molar-refractivity contribution >= 4 is 28.5 Å². The second kappa shape index (κ2) is 8.04. The minimum absolute atomic E-state index is 0.0263. The van der Waals surface area contributed by atoms with Gasteiger partial charge in [0.05, 0.1) is 0 Å². The average molecular weight is 420 g/mol. The third kappa shape index (κ3) is 3.75. The van der Waals surface area contributed by atoms with Gasteiger partial charge in [-0.05, 0) is 49.6 Å². The van der Waals surface area contributed by atoms with Gasteiger partial charge in [-0.15, -0.1) is 0 Å². The molecule has 0 radical (unpaired) electrons. The van der Waals surface area contributed by atoms with Crippen LogP contribution in [0, 0.1) is 0 Å². The highest BCUT2D eigenvalue weighted by Gasteiger charge is 2.21. The average Bonchev–Trinajstić information content (AvgIpc) is 3.42. The summed E-state index contributed by atoms with van der Waals surface area (Å²) in [7, 11) is 0. The highest BCUT2D eigenvalue weighted by atomic mass is 35.5. The van der Waals surface area contributed by atoms with Crippen molar-refractivity contribution in [1.29, 1.82) is 0 Å². The number of rotatable bonds is 4. The second-order valence-corrected chi connectivity index (χ2v) is 8.19. The molecule has 1 aliphatic rings. The van der Waals surface area contributed by atoms with Gasteiger partial charge in [0.25, 0.3) is 5.91 Å². The maximum Gasteiger partial charge on any atom is 0.289 e. The Hall–Kier alpha value is -2.98. The number of carbonyl (C=O) groups excluding carboxylic acids is 1. The van der Waals surface area contributed by atoms with Crippen LogP contribution in [-0.4, -0.2) is 23.9 Å². The van der Waals surface area contributed by atoms with Crippen molar-refractivity contribution in [2.45, 2.75) is 25.7 Å². The maximum absolute atomic E-state index is 12.7. The summed E-state index contributed by atoms with van der Waals surface area (Å²) in [5, 5.41) is 1.60. The van der Waals surface area contributed by atoms with Crippen LogP contribution in [0.15, 0.2) is 69.5 Å². The van der Waals surface area contributed by atoms with Gasteiger partial charge in [0.2, 0.25) is 0 Å². The van der Waals surface area contributed by atoms with Gasteiger partial charge < -0.3 is 13.7 Å². The Kier molecular flexibility index (Phi) is 5.09. The molecule has 1 amide bonds. The van der Waals surface area contributed by atoms with E-state index in [0.717, 1.165) is 59.5 Å². The van der Waals surface area contributed by atoms with Crippen LogP contribution in [0.5, 0.6) is 0 Å². The molecule has 0 aliphatic carbocycles. The van der Waals surface area contributed by atoms with Crippen LogP contribution in [0.4, 0.5) is 0 Å². The van der Waals surface area contributed by atoms with Crippen LogP contribution in [0.1, 0.15) is 41.1 Å². The molecule has 0 saturated carbocycles. The Morgan fingerprint density at radius 1 is 0.933 bits per heavy atom. The number of carbonyl (C=O) groups is 1. The molecular formula is C25H22ClNO3. The SMILES string of the molecule is O=C(c1ccc(Cc2cc(Cl)cc3cc(-c4ccccc4)oc23)o1)N1CCCCC1. The molecule has 1 fully saturated rings. The van der Waals surface area contributed by atoms with Gasteiger partial charge in [-0.1, -0.05) is 41.9 Å². The molecule has 4 aromatic rings. The third-order valence-corrected chi connectivity index (χ3v) is 5.81. The molecule has 2 aromatic carbocycles. The lowest BCUT2D eigenvalue weighted by Gasteiger charge is -2.25. The predicted octanol–water partition coefficient (Wildman–Crippen LogP) is 6.56. The van der Waals surface area contributed by atoms with E-state index in [0.29, 0.717) is 17.2 Å². The largest absolute Gasteiger partial charge is 0.456 e. The van der Waals surface area contributed by atoms with Gasteiger partial charge in [-0.2, -0.15) is 0 Å². The summed E-state index contributed by atoms with van der Waals surface area (Å²) in [6, 6.07) is 19.4. The van der Waals surface area contributed by atoms with Crippen LogP contribution in [0.2, 0.25) is 5.02 Å². The van der Waals surface area contributed by atoms with Crippen molar-refractivity contribution in [2.75, 3.05) is 13.1 Å². The summed E-state index contributed by atoms with van der Waals surface area (Å²) >= 11 is 6.37. The van der Waals surface area contributed by atoms with Crippen LogP contribution < -0.4 is 0 Å². The Bertz CT molecular complexity index is 1190. The summed E-state index contributed by atoms with van der Waals surface area (Å²) in [6.45, 7) is 1.61. The van der Waals surface area contributed by atoms with Crippen molar-refractivity contribution in [2.24, 2.45) is 0 Å². The number of likely N-dealkylation sites (tertiary alicyclic amines) is 1. The van der Waals surface area contributed by atoms with Gasteiger partial charge in [-0.3, -0.25) is 4.79 Å². The van der Waals surface area contributed by atoms with Gasteiger partial charge in [-0.25, -0.2) is 0 Å². The van der Waals surface area contributed by atoms with E-state index in [1.807, 2.05) is 59.5 Å². The van der Waals surface area contributed by atoms with Crippen LogP contribution in [0.3, 0.4) is 0 Å². The molecule has 0 spiro atoms. The number of benzene rings is 2. The summed E-state index contributed by atoms with van der Waals surface area (Å²) in [5.74, 6) is 1.89. The number of piperidine rings is 1. The van der Waals surface area contributed by atoms with E-state index in [1.54, 1.807) is 6.07 Å². The van der Waals surface area contributed by atoms with E-state index in [-0.39, 0.29) is 5.91 Å². The Morgan fingerprint density at radius 2 is 1.73 bits per heavy atom. The van der Waals surface area contributed by atoms with Crippen LogP contribution >= 0.6 is 11.6 Å². The highest BCUT2D eigenvalue weighted by molar-refractivity contribution is 6.31. The van der Waals surface area contributed by atoms with Crippen LogP contribution in [0.25, 0.3) is 22.3 Å². The molecule has 3 heterocycles. The van der Waals surface area contributed by atoms with Gasteiger partial charge >= 0.3 is 0 Å². The molecule has 5 heteroatoms. The molecule has 2 aromatic heterocycles. The van der Waals surface area contributed by atoms with Crippen LogP contribution in [-0.2, 0) is 6.42 Å². The summed E-state index contributed by atoms with van der Waals surface area (Å²) in [6.07, 6.45) is 3.81. The quantitative estimate of drug-likeness (QED) is 0.376. The van der Waals surface area contributed by atoms with E-state index >= 15 is 0 Å². The fraction of sp³-hybridized carbons (Fsp3) is 0.240. The number of amides is 1. The van der Waals surface area contributed by atoms with E-state index < -0.39 is 0 Å². The van der Waals surface area contributed by atoms with E-state index in [2.05, 4.69) is 0 Å². The zero-order valence-corrected chi connectivity index (χ0v) is 17.3. The lowest BCUT2D eigenvalue weighted by molar-refractivity contribution is 0.0690. The zero-order chi connectivity index (χ0) is 20.5. The predicted molar refractivity (Wildman–Crippen MR) is 118 cm³/mol. The Balaban J connectivity index is 1.43. The summed E-state index contributed by atoms with van der Waals surface area (Å²) < 4.78 is 12.1. The number of furan rings is 2. The zero-order valence-electron chi connectivity index (χ0n) is 16.6. The molecule has 1 aliphatic heterocycles. The third-order valence-electron chi connectivity index (χ3n) is 5.60. The van der Waals surface area contributed by atoms with E-state index in [1.165, 1.54) is 6.42 Å². The molecule has 0 unspecified atom stereocenters. The Morgan fingerprint density at radius 3 is 2.53 bits per heavy atom. The molecule has 4 nitrogen and oxygen atoms in total. The molecule has 152 valence electrons. The molecule has 5 rings (SSSR count). The number of halogens is 1. The van der Waals surface area contributed by atoms with Crippen molar-refractivity contribution in [1.82, 2.24) is 4.90 Å². The smallest absolute Gasteiger partial charge is 0.289 e.